The Bertz CT molecular complexity index is 2860. The minimum Gasteiger partial charge on any atom is -0.463 e. The second kappa shape index (κ2) is 89.9. The smallest absolute Gasteiger partial charge is 0.463 e. The molecule has 5 atom stereocenters. The zero-order chi connectivity index (χ0) is 85.1. The lowest BCUT2D eigenvalue weighted by Gasteiger charge is -2.21. The van der Waals surface area contributed by atoms with E-state index < -0.39 is 91.5 Å². The third-order valence-electron chi connectivity index (χ3n) is 19.1. The number of carbonyl (C=O) groups is 3. The van der Waals surface area contributed by atoms with Crippen LogP contribution in [0.15, 0.2) is 182 Å². The van der Waals surface area contributed by atoms with Crippen molar-refractivity contribution >= 4 is 33.6 Å². The van der Waals surface area contributed by atoms with Crippen molar-refractivity contribution in [3.63, 3.8) is 0 Å². The maximum atomic E-state index is 13.1. The first-order chi connectivity index (χ1) is 57.2. The van der Waals surface area contributed by atoms with Gasteiger partial charge in [-0.15, -0.1) is 0 Å². The molecule has 0 saturated carbocycles. The molecular weight excluding hydrogens is 1510 g/mol. The number of unbranched alkanes of at least 4 members (excludes halogenated alkanes) is 33. The van der Waals surface area contributed by atoms with Gasteiger partial charge in [0.05, 0.1) is 26.4 Å². The van der Waals surface area contributed by atoms with Gasteiger partial charge < -0.3 is 34.2 Å². The fourth-order valence-electron chi connectivity index (χ4n) is 12.2. The number of hydrogen-bond donors (Lipinski definition) is 4. The van der Waals surface area contributed by atoms with Gasteiger partial charge in [0, 0.05) is 19.3 Å². The zero-order valence-corrected chi connectivity index (χ0v) is 75.4. The van der Waals surface area contributed by atoms with Gasteiger partial charge in [0.1, 0.15) is 25.4 Å². The summed E-state index contributed by atoms with van der Waals surface area (Å²) in [6, 6.07) is 0. The normalized spacial score (nSPS) is 14.6. The van der Waals surface area contributed by atoms with Crippen LogP contribution < -0.4 is 0 Å². The number of allylic oxidation sites excluding steroid dienone is 30. The summed E-state index contributed by atoms with van der Waals surface area (Å²) in [6.07, 6.45) is 118. The highest BCUT2D eigenvalue weighted by Gasteiger charge is 2.29. The van der Waals surface area contributed by atoms with Crippen LogP contribution in [-0.4, -0.2) is 95.9 Å². The third kappa shape index (κ3) is 91.2. The van der Waals surface area contributed by atoms with E-state index >= 15 is 0 Å². The Morgan fingerprint density at radius 1 is 0.248 bits per heavy atom. The molecular formula is C99H166O16P2. The van der Waals surface area contributed by atoms with Crippen LogP contribution >= 0.6 is 15.6 Å². The topological polar surface area (TPSA) is 231 Å². The van der Waals surface area contributed by atoms with Crippen molar-refractivity contribution in [1.82, 2.24) is 0 Å². The van der Waals surface area contributed by atoms with Crippen LogP contribution in [-0.2, 0) is 55.8 Å². The number of phosphoric ester groups is 2. The van der Waals surface area contributed by atoms with E-state index in [1.807, 2.05) is 0 Å². The number of ether oxygens (including phenoxy) is 3. The number of aliphatic hydroxyl groups excluding tert-OH is 2. The van der Waals surface area contributed by atoms with Gasteiger partial charge in [-0.2, -0.15) is 0 Å². The molecule has 5 unspecified atom stereocenters. The van der Waals surface area contributed by atoms with Gasteiger partial charge in [-0.1, -0.05) is 370 Å². The summed E-state index contributed by atoms with van der Waals surface area (Å²) in [5.74, 6) is -1.60. The highest BCUT2D eigenvalue weighted by Crippen LogP contribution is 2.45. The molecule has 0 fully saturated rings. The van der Waals surface area contributed by atoms with Gasteiger partial charge in [0.25, 0.3) is 0 Å². The molecule has 0 heterocycles. The number of rotatable bonds is 86. The fourth-order valence-corrected chi connectivity index (χ4v) is 13.8. The minimum atomic E-state index is -4.95. The number of aliphatic hydroxyl groups is 2. The monoisotopic (exact) mass is 1670 g/mol. The maximum absolute atomic E-state index is 13.1. The zero-order valence-electron chi connectivity index (χ0n) is 73.6. The molecule has 16 nitrogen and oxygen atoms in total. The van der Waals surface area contributed by atoms with Crippen molar-refractivity contribution in [2.45, 2.75) is 386 Å². The van der Waals surface area contributed by atoms with Gasteiger partial charge in [0.15, 0.2) is 6.10 Å². The first-order valence-corrected chi connectivity index (χ1v) is 49.1. The van der Waals surface area contributed by atoms with Crippen LogP contribution in [0.3, 0.4) is 0 Å². The molecule has 4 N–H and O–H groups in total. The van der Waals surface area contributed by atoms with E-state index in [0.717, 1.165) is 199 Å². The van der Waals surface area contributed by atoms with Crippen molar-refractivity contribution in [2.24, 2.45) is 0 Å². The largest absolute Gasteiger partial charge is 0.472 e. The number of hydrogen-bond acceptors (Lipinski definition) is 14. The van der Waals surface area contributed by atoms with Gasteiger partial charge in [0.2, 0.25) is 0 Å². The van der Waals surface area contributed by atoms with Crippen LogP contribution in [0.5, 0.6) is 0 Å². The molecule has 0 rings (SSSR count). The molecule has 0 aromatic rings. The molecule has 0 radical (unpaired) electrons. The van der Waals surface area contributed by atoms with Crippen molar-refractivity contribution < 1.29 is 75.8 Å². The lowest BCUT2D eigenvalue weighted by molar-refractivity contribution is -0.161. The summed E-state index contributed by atoms with van der Waals surface area (Å²) in [4.78, 5) is 59.0. The van der Waals surface area contributed by atoms with Crippen molar-refractivity contribution in [1.29, 1.82) is 0 Å². The Labute approximate surface area is 713 Å². The van der Waals surface area contributed by atoms with Crippen molar-refractivity contribution in [3.05, 3.63) is 182 Å². The van der Waals surface area contributed by atoms with E-state index in [2.05, 4.69) is 203 Å². The molecule has 0 aliphatic rings. The van der Waals surface area contributed by atoms with Crippen LogP contribution in [0.1, 0.15) is 367 Å². The first-order valence-electron chi connectivity index (χ1n) is 46.1. The number of esters is 3. The van der Waals surface area contributed by atoms with E-state index in [-0.39, 0.29) is 19.3 Å². The summed E-state index contributed by atoms with van der Waals surface area (Å²) in [5.41, 5.74) is 0. The summed E-state index contributed by atoms with van der Waals surface area (Å²) in [7, 11) is -9.82. The van der Waals surface area contributed by atoms with Crippen molar-refractivity contribution in [3.8, 4) is 0 Å². The van der Waals surface area contributed by atoms with Gasteiger partial charge in [-0.05, 0) is 161 Å². The van der Waals surface area contributed by atoms with Gasteiger partial charge in [-0.3, -0.25) is 32.5 Å². The molecule has 0 saturated heterocycles. The highest BCUT2D eigenvalue weighted by atomic mass is 31.2. The second-order valence-corrected chi connectivity index (χ2v) is 33.2. The quantitative estimate of drug-likeness (QED) is 0.0146. The summed E-state index contributed by atoms with van der Waals surface area (Å²) in [5, 5.41) is 20.7. The predicted octanol–water partition coefficient (Wildman–Crippen LogP) is 28.4. The first kappa shape index (κ1) is 112. The van der Waals surface area contributed by atoms with Crippen LogP contribution in [0, 0.1) is 0 Å². The lowest BCUT2D eigenvalue weighted by Crippen LogP contribution is -2.30. The number of carbonyl (C=O) groups excluding carboxylic acids is 3. The molecule has 0 aromatic carbocycles. The fraction of sp³-hybridized carbons (Fsp3) is 0.667. The SMILES string of the molecule is CC/C=C\C/C=C\C/C=C\C/C=C\C/C=C\C/C=C\CCCCCCCCCCC(=O)OCC(COP(=O)(O)OCC(O)COP(=O)(O)OCC(O)COC(=O)CCCCCCCCCCCCCCCCC/C=C\C/C=C\C/C=C\C/C=C\CCCCC)OC(=O)CCCCCCCCC/C=C\C/C=C\C/C=C\C/C=C\C/C=C\CC. The van der Waals surface area contributed by atoms with E-state index in [0.29, 0.717) is 19.3 Å². The van der Waals surface area contributed by atoms with Crippen LogP contribution in [0.25, 0.3) is 0 Å². The van der Waals surface area contributed by atoms with Crippen LogP contribution in [0.4, 0.5) is 0 Å². The van der Waals surface area contributed by atoms with Crippen molar-refractivity contribution in [2.75, 3.05) is 39.6 Å². The average molecular weight is 1670 g/mol. The molecule has 0 aliphatic heterocycles. The van der Waals surface area contributed by atoms with Gasteiger partial charge >= 0.3 is 33.6 Å². The molecule has 0 spiro atoms. The van der Waals surface area contributed by atoms with E-state index in [4.69, 9.17) is 32.3 Å². The second-order valence-electron chi connectivity index (χ2n) is 30.3. The van der Waals surface area contributed by atoms with E-state index in [9.17, 15) is 43.5 Å². The lowest BCUT2D eigenvalue weighted by atomic mass is 10.0. The van der Waals surface area contributed by atoms with E-state index in [1.54, 1.807) is 0 Å². The predicted molar refractivity (Wildman–Crippen MR) is 491 cm³/mol. The third-order valence-corrected chi connectivity index (χ3v) is 21.0. The molecule has 0 aliphatic carbocycles. The molecule has 0 bridgehead atoms. The van der Waals surface area contributed by atoms with E-state index in [1.165, 1.54) is 109 Å². The Kier molecular flexibility index (Phi) is 85.8. The Hall–Kier alpha value is -5.35. The number of phosphoric acid groups is 2. The van der Waals surface area contributed by atoms with Gasteiger partial charge in [-0.25, -0.2) is 9.13 Å². The Morgan fingerprint density at radius 2 is 0.453 bits per heavy atom. The molecule has 0 aromatic heterocycles. The molecule has 18 heteroatoms. The Balaban J connectivity index is 4.64. The molecule has 117 heavy (non-hydrogen) atoms. The molecule has 0 amide bonds. The Morgan fingerprint density at radius 3 is 0.718 bits per heavy atom. The summed E-state index contributed by atoms with van der Waals surface area (Å²) in [6.45, 7) is 2.43. The standard InChI is InChI=1S/C99H166O16P2/c1-4-7-10-13-16-19-22-25-28-31-34-37-40-42-44-45-46-47-49-51-53-55-58-61-64-67-70-73-76-79-82-85-97(102)109-88-94(100)89-111-116(105,106)112-90-95(101)91-113-117(107,108)114-93-96(115-99(104)87-84-81-78-75-72-69-66-63-60-57-52-39-36-33-30-27-24-21-18-15-12-9-6-3)92-110-98(103)86-83-80-77-74-71-68-65-62-59-56-54-50-48-43-41-38-35-32-29-26-23-20-17-14-11-8-5-2/h8-9,11-12,16-21,25-30,34-39,42-44,48,54,56-57,60,94-96,100-101H,4-7,10,13-15,22-24,31-33,40-41,45-47,49-53,55,58-59,61-93H2,1-3H3,(H,105,106)(H,107,108)/b11-8-,12-9-,19-16-,20-17-,21-18-,28-25-,29-26-,30-27-,37-34-,38-35-,39-36-,44-42-,48-43-,56-54-,60-57-. The maximum Gasteiger partial charge on any atom is 0.472 e. The van der Waals surface area contributed by atoms with Crippen LogP contribution in [0.2, 0.25) is 0 Å². The highest BCUT2D eigenvalue weighted by molar-refractivity contribution is 7.47. The average Bonchev–Trinajstić information content (AvgIpc) is 1.07. The molecule has 668 valence electrons. The summed E-state index contributed by atoms with van der Waals surface area (Å²) >= 11 is 0. The summed E-state index contributed by atoms with van der Waals surface area (Å²) < 4.78 is 61.5. The minimum absolute atomic E-state index is 0.0831.